The number of nitro benzene ring substituents is 1. The standard InChI is InChI=1S/C15H9BrClNO3/c16-12-3-1-2-11(8-12)15(19)7-4-10-9-13(18(20)21)5-6-14(10)17/h1-9H/b7-4+. The monoisotopic (exact) mass is 365 g/mol. The van der Waals surface area contributed by atoms with Gasteiger partial charge < -0.3 is 0 Å². The molecule has 0 aliphatic heterocycles. The van der Waals surface area contributed by atoms with E-state index in [2.05, 4.69) is 15.9 Å². The lowest BCUT2D eigenvalue weighted by Gasteiger charge is -1.99. The molecule has 21 heavy (non-hydrogen) atoms. The van der Waals surface area contributed by atoms with Crippen molar-refractivity contribution in [1.29, 1.82) is 0 Å². The van der Waals surface area contributed by atoms with Crippen LogP contribution >= 0.6 is 27.5 Å². The summed E-state index contributed by atoms with van der Waals surface area (Å²) in [5.41, 5.74) is 0.866. The smallest absolute Gasteiger partial charge is 0.270 e. The minimum Gasteiger partial charge on any atom is -0.289 e. The Bertz CT molecular complexity index is 743. The van der Waals surface area contributed by atoms with Gasteiger partial charge in [0.15, 0.2) is 5.78 Å². The van der Waals surface area contributed by atoms with Crippen LogP contribution in [0.15, 0.2) is 53.0 Å². The van der Waals surface area contributed by atoms with Crippen LogP contribution in [-0.4, -0.2) is 10.7 Å². The van der Waals surface area contributed by atoms with E-state index in [1.165, 1.54) is 30.4 Å². The van der Waals surface area contributed by atoms with Gasteiger partial charge in [-0.15, -0.1) is 0 Å². The number of nitro groups is 1. The molecule has 0 unspecified atom stereocenters. The van der Waals surface area contributed by atoms with Crippen LogP contribution in [0, 0.1) is 10.1 Å². The quantitative estimate of drug-likeness (QED) is 0.334. The fourth-order valence-corrected chi connectivity index (χ4v) is 2.26. The topological polar surface area (TPSA) is 60.2 Å². The molecule has 0 spiro atoms. The largest absolute Gasteiger partial charge is 0.289 e. The van der Waals surface area contributed by atoms with E-state index < -0.39 is 4.92 Å². The summed E-state index contributed by atoms with van der Waals surface area (Å²) in [5, 5.41) is 11.1. The van der Waals surface area contributed by atoms with Crippen LogP contribution in [0.2, 0.25) is 5.02 Å². The summed E-state index contributed by atoms with van der Waals surface area (Å²) in [7, 11) is 0. The number of carbonyl (C=O) groups is 1. The molecule has 2 aromatic carbocycles. The SMILES string of the molecule is O=C(/C=C/c1cc([N+](=O)[O-])ccc1Cl)c1cccc(Br)c1. The summed E-state index contributed by atoms with van der Waals surface area (Å²) in [6, 6.07) is 11.0. The molecule has 0 saturated heterocycles. The Labute approximate surface area is 134 Å². The van der Waals surface area contributed by atoms with Gasteiger partial charge in [-0.3, -0.25) is 14.9 Å². The number of halogens is 2. The first-order valence-corrected chi connectivity index (χ1v) is 7.06. The van der Waals surface area contributed by atoms with Gasteiger partial charge in [-0.1, -0.05) is 39.7 Å². The van der Waals surface area contributed by atoms with E-state index in [4.69, 9.17) is 11.6 Å². The average Bonchev–Trinajstić information content (AvgIpc) is 2.45. The molecule has 0 bridgehead atoms. The fraction of sp³-hybridized carbons (Fsp3) is 0. The van der Waals surface area contributed by atoms with E-state index in [0.717, 1.165) is 4.47 Å². The molecule has 0 aromatic heterocycles. The summed E-state index contributed by atoms with van der Waals surface area (Å²) in [6.45, 7) is 0. The number of rotatable bonds is 4. The molecule has 2 rings (SSSR count). The maximum Gasteiger partial charge on any atom is 0.270 e. The molecule has 0 aliphatic carbocycles. The van der Waals surface area contributed by atoms with Crippen molar-refractivity contribution in [3.63, 3.8) is 0 Å². The lowest BCUT2D eigenvalue weighted by molar-refractivity contribution is -0.384. The number of allylic oxidation sites excluding steroid dienone is 1. The molecule has 0 amide bonds. The maximum atomic E-state index is 12.0. The molecule has 0 atom stereocenters. The van der Waals surface area contributed by atoms with Gasteiger partial charge in [0.25, 0.3) is 5.69 Å². The number of nitrogens with zero attached hydrogens (tertiary/aromatic N) is 1. The summed E-state index contributed by atoms with van der Waals surface area (Å²) in [5.74, 6) is -0.209. The predicted octanol–water partition coefficient (Wildman–Crippen LogP) is 4.91. The van der Waals surface area contributed by atoms with Crippen molar-refractivity contribution in [2.45, 2.75) is 0 Å². The number of hydrogen-bond acceptors (Lipinski definition) is 3. The van der Waals surface area contributed by atoms with Gasteiger partial charge >= 0.3 is 0 Å². The molecule has 0 saturated carbocycles. The second-order valence-electron chi connectivity index (χ2n) is 4.17. The highest BCUT2D eigenvalue weighted by molar-refractivity contribution is 9.10. The first-order valence-electron chi connectivity index (χ1n) is 5.89. The van der Waals surface area contributed by atoms with Crippen molar-refractivity contribution in [2.24, 2.45) is 0 Å². The third-order valence-corrected chi connectivity index (χ3v) is 3.55. The van der Waals surface area contributed by atoms with Crippen LogP contribution in [0.25, 0.3) is 6.08 Å². The van der Waals surface area contributed by atoms with Crippen molar-refractivity contribution < 1.29 is 9.72 Å². The Balaban J connectivity index is 2.27. The molecule has 0 radical (unpaired) electrons. The normalized spacial score (nSPS) is 10.8. The fourth-order valence-electron chi connectivity index (χ4n) is 1.68. The van der Waals surface area contributed by atoms with E-state index in [1.54, 1.807) is 18.2 Å². The van der Waals surface area contributed by atoms with Crippen LogP contribution in [0.1, 0.15) is 15.9 Å². The summed E-state index contributed by atoms with van der Waals surface area (Å²) in [6.07, 6.45) is 2.81. The average molecular weight is 367 g/mol. The lowest BCUT2D eigenvalue weighted by Crippen LogP contribution is -1.94. The molecule has 0 fully saturated rings. The van der Waals surface area contributed by atoms with Gasteiger partial charge in [0.05, 0.1) is 4.92 Å². The zero-order valence-corrected chi connectivity index (χ0v) is 13.0. The van der Waals surface area contributed by atoms with E-state index in [0.29, 0.717) is 16.1 Å². The Hall–Kier alpha value is -1.98. The van der Waals surface area contributed by atoms with E-state index in [1.807, 2.05) is 6.07 Å². The number of benzene rings is 2. The van der Waals surface area contributed by atoms with Crippen LogP contribution < -0.4 is 0 Å². The number of carbonyl (C=O) groups excluding carboxylic acids is 1. The Kier molecular flexibility index (Phi) is 4.88. The highest BCUT2D eigenvalue weighted by atomic mass is 79.9. The first kappa shape index (κ1) is 15.4. The van der Waals surface area contributed by atoms with E-state index in [9.17, 15) is 14.9 Å². The van der Waals surface area contributed by atoms with Crippen LogP contribution in [0.3, 0.4) is 0 Å². The van der Waals surface area contributed by atoms with Gasteiger partial charge in [-0.05, 0) is 35.9 Å². The maximum absolute atomic E-state index is 12.0. The molecular weight excluding hydrogens is 358 g/mol. The molecule has 6 heteroatoms. The van der Waals surface area contributed by atoms with Gasteiger partial charge in [0.2, 0.25) is 0 Å². The third kappa shape index (κ3) is 4.00. The third-order valence-electron chi connectivity index (χ3n) is 2.71. The van der Waals surface area contributed by atoms with Crippen molar-refractivity contribution in [2.75, 3.05) is 0 Å². The summed E-state index contributed by atoms with van der Waals surface area (Å²) in [4.78, 5) is 22.2. The Morgan fingerprint density at radius 1 is 1.24 bits per heavy atom. The highest BCUT2D eigenvalue weighted by Crippen LogP contribution is 2.23. The van der Waals surface area contributed by atoms with Gasteiger partial charge in [-0.2, -0.15) is 0 Å². The van der Waals surface area contributed by atoms with Crippen molar-refractivity contribution in [3.05, 3.63) is 79.3 Å². The highest BCUT2D eigenvalue weighted by Gasteiger charge is 2.08. The van der Waals surface area contributed by atoms with Crippen LogP contribution in [0.4, 0.5) is 5.69 Å². The number of ketones is 1. The second kappa shape index (κ2) is 6.65. The molecule has 0 N–H and O–H groups in total. The van der Waals surface area contributed by atoms with Crippen molar-refractivity contribution >= 4 is 45.1 Å². The molecule has 2 aromatic rings. The van der Waals surface area contributed by atoms with Crippen molar-refractivity contribution in [1.82, 2.24) is 0 Å². The summed E-state index contributed by atoms with van der Waals surface area (Å²) < 4.78 is 0.801. The van der Waals surface area contributed by atoms with Gasteiger partial charge in [0.1, 0.15) is 0 Å². The van der Waals surface area contributed by atoms with Gasteiger partial charge in [-0.25, -0.2) is 0 Å². The Morgan fingerprint density at radius 3 is 2.67 bits per heavy atom. The molecule has 0 aliphatic rings. The van der Waals surface area contributed by atoms with Crippen LogP contribution in [0.5, 0.6) is 0 Å². The zero-order valence-electron chi connectivity index (χ0n) is 10.6. The molecule has 4 nitrogen and oxygen atoms in total. The number of hydrogen-bond donors (Lipinski definition) is 0. The summed E-state index contributed by atoms with van der Waals surface area (Å²) >= 11 is 9.25. The minimum atomic E-state index is -0.510. The Morgan fingerprint density at radius 2 is 2.00 bits per heavy atom. The minimum absolute atomic E-state index is 0.0750. The zero-order chi connectivity index (χ0) is 15.4. The first-order chi connectivity index (χ1) is 9.97. The van der Waals surface area contributed by atoms with Gasteiger partial charge in [0, 0.05) is 27.2 Å². The molecule has 106 valence electrons. The molecule has 0 heterocycles. The van der Waals surface area contributed by atoms with Crippen LogP contribution in [-0.2, 0) is 0 Å². The van der Waals surface area contributed by atoms with Crippen molar-refractivity contribution in [3.8, 4) is 0 Å². The van der Waals surface area contributed by atoms with E-state index >= 15 is 0 Å². The molecular formula is C15H9BrClNO3. The predicted molar refractivity (Wildman–Crippen MR) is 85.6 cm³/mol. The number of non-ortho nitro benzene ring substituents is 1. The second-order valence-corrected chi connectivity index (χ2v) is 5.49. The lowest BCUT2D eigenvalue weighted by atomic mass is 10.1. The van der Waals surface area contributed by atoms with E-state index in [-0.39, 0.29) is 11.5 Å².